The predicted octanol–water partition coefficient (Wildman–Crippen LogP) is 2.26. The summed E-state index contributed by atoms with van der Waals surface area (Å²) < 4.78 is 12.9. The van der Waals surface area contributed by atoms with E-state index in [9.17, 15) is 4.39 Å². The molecule has 110 valence electrons. The lowest BCUT2D eigenvalue weighted by molar-refractivity contribution is 0.318. The van der Waals surface area contributed by atoms with Gasteiger partial charge >= 0.3 is 0 Å². The van der Waals surface area contributed by atoms with E-state index in [1.165, 1.54) is 12.1 Å². The summed E-state index contributed by atoms with van der Waals surface area (Å²) in [4.78, 5) is 6.33. The van der Waals surface area contributed by atoms with Crippen molar-refractivity contribution in [3.63, 3.8) is 0 Å². The van der Waals surface area contributed by atoms with Gasteiger partial charge in [0.15, 0.2) is 5.84 Å². The zero-order valence-electron chi connectivity index (χ0n) is 11.9. The summed E-state index contributed by atoms with van der Waals surface area (Å²) in [7, 11) is 1.88. The third-order valence-electron chi connectivity index (χ3n) is 3.07. The Bertz CT molecular complexity index is 655. The number of amidine groups is 1. The lowest BCUT2D eigenvalue weighted by Gasteiger charge is -2.19. The van der Waals surface area contributed by atoms with Crippen molar-refractivity contribution in [2.75, 3.05) is 11.9 Å². The molecule has 0 amide bonds. The predicted molar refractivity (Wildman–Crippen MR) is 80.0 cm³/mol. The van der Waals surface area contributed by atoms with Gasteiger partial charge < -0.3 is 15.8 Å². The second-order valence-corrected chi connectivity index (χ2v) is 4.82. The lowest BCUT2D eigenvalue weighted by atomic mass is 10.2. The van der Waals surface area contributed by atoms with Gasteiger partial charge in [-0.15, -0.1) is 0 Å². The number of aromatic nitrogens is 1. The molecule has 21 heavy (non-hydrogen) atoms. The molecule has 1 aromatic heterocycles. The van der Waals surface area contributed by atoms with Gasteiger partial charge in [0.25, 0.3) is 0 Å². The van der Waals surface area contributed by atoms with Gasteiger partial charge in [0.1, 0.15) is 11.6 Å². The molecule has 2 aromatic rings. The third-order valence-corrected chi connectivity index (χ3v) is 3.07. The number of aryl methyl sites for hydroxylation is 1. The summed E-state index contributed by atoms with van der Waals surface area (Å²) in [5.41, 5.74) is 7.95. The largest absolute Gasteiger partial charge is 0.409 e. The van der Waals surface area contributed by atoms with Crippen LogP contribution < -0.4 is 10.6 Å². The smallest absolute Gasteiger partial charge is 0.170 e. The second kappa shape index (κ2) is 6.21. The molecule has 5 nitrogen and oxygen atoms in total. The topological polar surface area (TPSA) is 74.7 Å². The Morgan fingerprint density at radius 1 is 1.33 bits per heavy atom. The monoisotopic (exact) mass is 288 g/mol. The van der Waals surface area contributed by atoms with E-state index in [4.69, 9.17) is 10.9 Å². The first-order valence-corrected chi connectivity index (χ1v) is 6.42. The Morgan fingerprint density at radius 2 is 2.00 bits per heavy atom. The van der Waals surface area contributed by atoms with E-state index in [0.717, 1.165) is 11.3 Å². The molecule has 0 aliphatic rings. The normalized spacial score (nSPS) is 11.5. The molecule has 1 aromatic carbocycles. The van der Waals surface area contributed by atoms with E-state index in [0.29, 0.717) is 17.9 Å². The fourth-order valence-electron chi connectivity index (χ4n) is 2.00. The van der Waals surface area contributed by atoms with Crippen molar-refractivity contribution in [2.24, 2.45) is 10.9 Å². The van der Waals surface area contributed by atoms with Gasteiger partial charge in [-0.3, -0.25) is 0 Å². The van der Waals surface area contributed by atoms with Crippen molar-refractivity contribution in [2.45, 2.75) is 13.5 Å². The molecule has 6 heteroatoms. The molecule has 0 unspecified atom stereocenters. The molecule has 0 aliphatic heterocycles. The highest BCUT2D eigenvalue weighted by molar-refractivity contribution is 5.97. The summed E-state index contributed by atoms with van der Waals surface area (Å²) in [6.07, 6.45) is 0. The first-order chi connectivity index (χ1) is 9.99. The van der Waals surface area contributed by atoms with Crippen LogP contribution in [0.25, 0.3) is 0 Å². The highest BCUT2D eigenvalue weighted by Crippen LogP contribution is 2.16. The van der Waals surface area contributed by atoms with Crippen molar-refractivity contribution in [3.05, 3.63) is 59.0 Å². The molecule has 0 fully saturated rings. The summed E-state index contributed by atoms with van der Waals surface area (Å²) in [6, 6.07) is 9.79. The van der Waals surface area contributed by atoms with Crippen LogP contribution in [-0.2, 0) is 6.54 Å². The molecule has 0 radical (unpaired) electrons. The first kappa shape index (κ1) is 14.8. The van der Waals surface area contributed by atoms with Crippen molar-refractivity contribution < 1.29 is 9.60 Å². The van der Waals surface area contributed by atoms with E-state index in [-0.39, 0.29) is 11.7 Å². The number of rotatable bonds is 4. The summed E-state index contributed by atoms with van der Waals surface area (Å²) in [6.45, 7) is 2.41. The van der Waals surface area contributed by atoms with Crippen LogP contribution >= 0.6 is 0 Å². The second-order valence-electron chi connectivity index (χ2n) is 4.82. The Kier molecular flexibility index (Phi) is 4.37. The van der Waals surface area contributed by atoms with Crippen LogP contribution in [0.2, 0.25) is 0 Å². The molecule has 0 atom stereocenters. The number of hydrogen-bond donors (Lipinski definition) is 2. The van der Waals surface area contributed by atoms with Gasteiger partial charge in [0.05, 0.1) is 0 Å². The van der Waals surface area contributed by atoms with Gasteiger partial charge in [0.2, 0.25) is 0 Å². The minimum atomic E-state index is -0.260. The number of halogens is 1. The van der Waals surface area contributed by atoms with E-state index in [2.05, 4.69) is 10.1 Å². The number of benzene rings is 1. The minimum Gasteiger partial charge on any atom is -0.409 e. The quantitative estimate of drug-likeness (QED) is 0.392. The maximum atomic E-state index is 12.9. The molecule has 1 heterocycles. The number of anilines is 1. The van der Waals surface area contributed by atoms with Gasteiger partial charge in [-0.05, 0) is 36.8 Å². The van der Waals surface area contributed by atoms with Gasteiger partial charge in [-0.2, -0.15) is 0 Å². The fourth-order valence-corrected chi connectivity index (χ4v) is 2.00. The van der Waals surface area contributed by atoms with E-state index >= 15 is 0 Å². The third kappa shape index (κ3) is 3.68. The maximum absolute atomic E-state index is 12.9. The number of pyridine rings is 1. The number of nitrogens with zero attached hydrogens (tertiary/aromatic N) is 3. The highest BCUT2D eigenvalue weighted by Gasteiger charge is 2.09. The average Bonchev–Trinajstić information content (AvgIpc) is 2.48. The lowest BCUT2D eigenvalue weighted by Crippen LogP contribution is -2.20. The van der Waals surface area contributed by atoms with Crippen molar-refractivity contribution >= 4 is 11.7 Å². The zero-order valence-corrected chi connectivity index (χ0v) is 11.9. The minimum absolute atomic E-state index is 0.0388. The first-order valence-electron chi connectivity index (χ1n) is 6.42. The molecule has 0 bridgehead atoms. The Labute approximate surface area is 122 Å². The highest BCUT2D eigenvalue weighted by atomic mass is 19.1. The number of nitrogens with two attached hydrogens (primary N) is 1. The Morgan fingerprint density at radius 3 is 2.62 bits per heavy atom. The van der Waals surface area contributed by atoms with Crippen LogP contribution in [-0.4, -0.2) is 23.1 Å². The Balaban J connectivity index is 2.24. The van der Waals surface area contributed by atoms with Crippen molar-refractivity contribution in [1.82, 2.24) is 4.98 Å². The summed E-state index contributed by atoms with van der Waals surface area (Å²) >= 11 is 0. The molecule has 3 N–H and O–H groups in total. The standard InChI is InChI=1S/C15H17FN4O/c1-10-7-12(15(17)19-21)8-14(18-10)20(2)9-11-3-5-13(16)6-4-11/h3-8,21H,9H2,1-2H3,(H2,17,19). The van der Waals surface area contributed by atoms with Crippen molar-refractivity contribution in [3.8, 4) is 0 Å². The van der Waals surface area contributed by atoms with Crippen LogP contribution in [0.4, 0.5) is 10.2 Å². The van der Waals surface area contributed by atoms with Crippen molar-refractivity contribution in [1.29, 1.82) is 0 Å². The number of hydrogen-bond acceptors (Lipinski definition) is 4. The SMILES string of the molecule is Cc1cc(/C(N)=N/O)cc(N(C)Cc2ccc(F)cc2)n1. The molecule has 0 spiro atoms. The zero-order chi connectivity index (χ0) is 15.4. The van der Waals surface area contributed by atoms with Crippen LogP contribution in [0.1, 0.15) is 16.8 Å². The molecular formula is C15H17FN4O. The van der Waals surface area contributed by atoms with E-state index < -0.39 is 0 Å². The van der Waals surface area contributed by atoms with Crippen LogP contribution in [0, 0.1) is 12.7 Å². The average molecular weight is 288 g/mol. The Hall–Kier alpha value is -2.63. The van der Waals surface area contributed by atoms with Gasteiger partial charge in [-0.1, -0.05) is 17.3 Å². The summed E-state index contributed by atoms with van der Waals surface area (Å²) in [5, 5.41) is 11.8. The fraction of sp³-hybridized carbons (Fsp3) is 0.200. The van der Waals surface area contributed by atoms with Gasteiger partial charge in [-0.25, -0.2) is 9.37 Å². The molecule has 0 saturated heterocycles. The van der Waals surface area contributed by atoms with Crippen LogP contribution in [0.5, 0.6) is 0 Å². The molecule has 0 aliphatic carbocycles. The number of oxime groups is 1. The maximum Gasteiger partial charge on any atom is 0.170 e. The summed E-state index contributed by atoms with van der Waals surface area (Å²) in [5.74, 6) is 0.474. The van der Waals surface area contributed by atoms with Crippen LogP contribution in [0.15, 0.2) is 41.6 Å². The van der Waals surface area contributed by atoms with Crippen LogP contribution in [0.3, 0.4) is 0 Å². The van der Waals surface area contributed by atoms with Gasteiger partial charge in [0, 0.05) is 24.8 Å². The molecule has 2 rings (SSSR count). The van der Waals surface area contributed by atoms with E-state index in [1.807, 2.05) is 18.9 Å². The molecular weight excluding hydrogens is 271 g/mol. The van der Waals surface area contributed by atoms with E-state index in [1.54, 1.807) is 24.3 Å². The molecule has 0 saturated carbocycles.